The Balaban J connectivity index is 1.66. The minimum atomic E-state index is -0.900. The molecule has 4 rings (SSSR count). The Morgan fingerprint density at radius 1 is 1.09 bits per heavy atom. The fraction of sp³-hybridized carbons (Fsp3) is 0.857. The molecule has 1 unspecified atom stereocenters. The van der Waals surface area contributed by atoms with Crippen LogP contribution in [0.15, 0.2) is 0 Å². The maximum Gasteiger partial charge on any atom is 0.133 e. The fourth-order valence-electron chi connectivity index (χ4n) is 7.30. The summed E-state index contributed by atoms with van der Waals surface area (Å²) in [5, 5.41) is 11.0. The first-order valence-corrected chi connectivity index (χ1v) is 9.56. The Labute approximate surface area is 140 Å². The molecule has 4 saturated carbocycles. The first kappa shape index (κ1) is 15.7. The molecule has 126 valence electrons. The zero-order chi connectivity index (χ0) is 16.5. The molecule has 0 saturated heterocycles. The number of fused-ring (bicyclic) bond motifs is 5. The number of Topliss-reactive ketones (excluding diaryl/α,β-unsaturated/α-hetero) is 1. The van der Waals surface area contributed by atoms with Gasteiger partial charge in [0.25, 0.3) is 0 Å². The Kier molecular flexibility index (Phi) is 3.31. The standard InChI is InChI=1S/C21H30O2/c1-4-21(23)12-9-18-16-6-5-14-13-15(22)7-10-19(14,2)17(16)8-11-20(18,21)3/h1,14,16-18,23H,5-13H2,2-3H3/t14-,16+,17-,18-,19-,20-,21?/m0/s1. The largest absolute Gasteiger partial charge is 0.377 e. The molecule has 4 aliphatic carbocycles. The first-order chi connectivity index (χ1) is 10.8. The minimum Gasteiger partial charge on any atom is -0.377 e. The van der Waals surface area contributed by atoms with Crippen molar-refractivity contribution in [3.8, 4) is 12.3 Å². The zero-order valence-corrected chi connectivity index (χ0v) is 14.6. The van der Waals surface area contributed by atoms with Crippen molar-refractivity contribution in [1.29, 1.82) is 0 Å². The lowest BCUT2D eigenvalue weighted by Gasteiger charge is -2.60. The van der Waals surface area contributed by atoms with Crippen LogP contribution in [0.1, 0.15) is 71.6 Å². The van der Waals surface area contributed by atoms with Gasteiger partial charge in [-0.2, -0.15) is 0 Å². The van der Waals surface area contributed by atoms with Crippen LogP contribution in [-0.4, -0.2) is 16.5 Å². The maximum atomic E-state index is 11.9. The van der Waals surface area contributed by atoms with E-state index in [1.54, 1.807) is 0 Å². The molecule has 0 radical (unpaired) electrons. The normalized spacial score (nSPS) is 55.5. The molecule has 4 fully saturated rings. The number of hydrogen-bond donors (Lipinski definition) is 1. The van der Waals surface area contributed by atoms with E-state index in [2.05, 4.69) is 19.8 Å². The second-order valence-electron chi connectivity index (χ2n) is 9.40. The van der Waals surface area contributed by atoms with Gasteiger partial charge < -0.3 is 5.11 Å². The highest BCUT2D eigenvalue weighted by Gasteiger charge is 2.64. The molecule has 0 bridgehead atoms. The van der Waals surface area contributed by atoms with Crippen LogP contribution in [0, 0.1) is 46.8 Å². The van der Waals surface area contributed by atoms with Gasteiger partial charge >= 0.3 is 0 Å². The Morgan fingerprint density at radius 3 is 2.57 bits per heavy atom. The molecule has 0 aromatic carbocycles. The van der Waals surface area contributed by atoms with E-state index in [1.807, 2.05) is 0 Å². The second kappa shape index (κ2) is 4.85. The van der Waals surface area contributed by atoms with E-state index in [1.165, 1.54) is 19.3 Å². The van der Waals surface area contributed by atoms with E-state index in [0.717, 1.165) is 44.4 Å². The summed E-state index contributed by atoms with van der Waals surface area (Å²) in [6, 6.07) is 0. The van der Waals surface area contributed by atoms with Gasteiger partial charge in [-0.15, -0.1) is 6.42 Å². The number of ketones is 1. The molecule has 0 aromatic heterocycles. The third kappa shape index (κ3) is 1.89. The SMILES string of the molecule is C#CC1(O)CC[C@H]2[C@@H]3CC[C@H]4CC(=O)CC[C@]4(C)[C@H]3CC[C@@]21C. The predicted octanol–water partition coefficient (Wildman–Crippen LogP) is 3.96. The number of hydrogen-bond acceptors (Lipinski definition) is 2. The topological polar surface area (TPSA) is 37.3 Å². The average Bonchev–Trinajstić information content (AvgIpc) is 2.80. The summed E-state index contributed by atoms with van der Waals surface area (Å²) in [4.78, 5) is 11.9. The third-order valence-electron chi connectivity index (χ3n) is 8.87. The summed E-state index contributed by atoms with van der Waals surface area (Å²) in [6.07, 6.45) is 14.9. The van der Waals surface area contributed by atoms with Gasteiger partial charge in [0.1, 0.15) is 11.4 Å². The van der Waals surface area contributed by atoms with Gasteiger partial charge in [-0.25, -0.2) is 0 Å². The summed E-state index contributed by atoms with van der Waals surface area (Å²) in [5.41, 5.74) is -0.658. The van der Waals surface area contributed by atoms with E-state index < -0.39 is 5.60 Å². The molecule has 0 amide bonds. The quantitative estimate of drug-likeness (QED) is 0.687. The van der Waals surface area contributed by atoms with Gasteiger partial charge in [-0.05, 0) is 74.0 Å². The Morgan fingerprint density at radius 2 is 1.83 bits per heavy atom. The molecule has 2 nitrogen and oxygen atoms in total. The van der Waals surface area contributed by atoms with E-state index >= 15 is 0 Å². The van der Waals surface area contributed by atoms with Crippen LogP contribution in [0.5, 0.6) is 0 Å². The van der Waals surface area contributed by atoms with E-state index in [-0.39, 0.29) is 5.41 Å². The number of rotatable bonds is 0. The molecule has 23 heavy (non-hydrogen) atoms. The highest BCUT2D eigenvalue weighted by Crippen LogP contribution is 2.67. The molecule has 0 heterocycles. The number of carbonyl (C=O) groups excluding carboxylic acids is 1. The zero-order valence-electron chi connectivity index (χ0n) is 14.6. The average molecular weight is 314 g/mol. The lowest BCUT2D eigenvalue weighted by atomic mass is 9.44. The smallest absolute Gasteiger partial charge is 0.133 e. The van der Waals surface area contributed by atoms with Crippen molar-refractivity contribution in [3.63, 3.8) is 0 Å². The summed E-state index contributed by atoms with van der Waals surface area (Å²) < 4.78 is 0. The van der Waals surface area contributed by atoms with Crippen molar-refractivity contribution >= 4 is 5.78 Å². The lowest BCUT2D eigenvalue weighted by molar-refractivity contribution is -0.147. The lowest BCUT2D eigenvalue weighted by Crippen LogP contribution is -2.56. The molecule has 7 atom stereocenters. The number of carbonyl (C=O) groups is 1. The van der Waals surface area contributed by atoms with Crippen molar-refractivity contribution in [1.82, 2.24) is 0 Å². The molecule has 2 heteroatoms. The monoisotopic (exact) mass is 314 g/mol. The Hall–Kier alpha value is -0.810. The van der Waals surface area contributed by atoms with E-state index in [4.69, 9.17) is 6.42 Å². The summed E-state index contributed by atoms with van der Waals surface area (Å²) in [7, 11) is 0. The number of aliphatic hydroxyl groups is 1. The third-order valence-corrected chi connectivity index (χ3v) is 8.87. The molecule has 0 aliphatic heterocycles. The van der Waals surface area contributed by atoms with Crippen LogP contribution in [0.25, 0.3) is 0 Å². The van der Waals surface area contributed by atoms with Crippen molar-refractivity contribution in [2.24, 2.45) is 34.5 Å². The molecular weight excluding hydrogens is 284 g/mol. The van der Waals surface area contributed by atoms with Gasteiger partial charge in [-0.3, -0.25) is 4.79 Å². The van der Waals surface area contributed by atoms with Crippen LogP contribution in [-0.2, 0) is 4.79 Å². The van der Waals surface area contributed by atoms with Crippen LogP contribution >= 0.6 is 0 Å². The fourth-order valence-corrected chi connectivity index (χ4v) is 7.30. The molecular formula is C21H30O2. The van der Waals surface area contributed by atoms with Crippen molar-refractivity contribution in [3.05, 3.63) is 0 Å². The Bertz CT molecular complexity index is 575. The summed E-state index contributed by atoms with van der Waals surface area (Å²) >= 11 is 0. The predicted molar refractivity (Wildman–Crippen MR) is 90.5 cm³/mol. The minimum absolute atomic E-state index is 0.101. The van der Waals surface area contributed by atoms with Gasteiger partial charge in [0.15, 0.2) is 0 Å². The molecule has 0 aromatic rings. The summed E-state index contributed by atoms with van der Waals surface area (Å²) in [6.45, 7) is 4.71. The number of terminal acetylenes is 1. The van der Waals surface area contributed by atoms with Gasteiger partial charge in [0.2, 0.25) is 0 Å². The highest BCUT2D eigenvalue weighted by atomic mass is 16.3. The van der Waals surface area contributed by atoms with Gasteiger partial charge in [-0.1, -0.05) is 19.8 Å². The maximum absolute atomic E-state index is 11.9. The summed E-state index contributed by atoms with van der Waals surface area (Å²) in [5.74, 6) is 5.83. The van der Waals surface area contributed by atoms with Gasteiger partial charge in [0.05, 0.1) is 0 Å². The van der Waals surface area contributed by atoms with Crippen molar-refractivity contribution < 1.29 is 9.90 Å². The van der Waals surface area contributed by atoms with Crippen LogP contribution in [0.2, 0.25) is 0 Å². The first-order valence-electron chi connectivity index (χ1n) is 9.56. The highest BCUT2D eigenvalue weighted by molar-refractivity contribution is 5.79. The molecule has 0 spiro atoms. The second-order valence-corrected chi connectivity index (χ2v) is 9.40. The van der Waals surface area contributed by atoms with Crippen molar-refractivity contribution in [2.45, 2.75) is 77.2 Å². The van der Waals surface area contributed by atoms with Crippen LogP contribution < -0.4 is 0 Å². The van der Waals surface area contributed by atoms with Crippen LogP contribution in [0.3, 0.4) is 0 Å². The molecule has 1 N–H and O–H groups in total. The molecule has 4 aliphatic rings. The van der Waals surface area contributed by atoms with Gasteiger partial charge in [0, 0.05) is 18.3 Å². The van der Waals surface area contributed by atoms with E-state index in [9.17, 15) is 9.90 Å². The van der Waals surface area contributed by atoms with Crippen LogP contribution in [0.4, 0.5) is 0 Å². The van der Waals surface area contributed by atoms with Crippen molar-refractivity contribution in [2.75, 3.05) is 0 Å². The van der Waals surface area contributed by atoms with E-state index in [0.29, 0.717) is 29.0 Å².